The number of carboxylic acid groups (broad SMARTS) is 1. The largest absolute Gasteiger partial charge is 0.542 e. The topological polar surface area (TPSA) is 149 Å². The molecule has 2 amide bonds. The average Bonchev–Trinajstić information content (AvgIpc) is 3.19. The minimum Gasteiger partial charge on any atom is -0.542 e. The maximum atomic E-state index is 12.7. The third kappa shape index (κ3) is 9.99. The number of carbonyl (C=O) groups is 3. The lowest BCUT2D eigenvalue weighted by Crippen LogP contribution is -2.42. The van der Waals surface area contributed by atoms with E-state index in [0.717, 1.165) is 55.1 Å². The lowest BCUT2D eigenvalue weighted by molar-refractivity contribution is -0.344. The van der Waals surface area contributed by atoms with Gasteiger partial charge in [0.25, 0.3) is 5.56 Å². The number of aliphatic carboxylic acids is 1. The van der Waals surface area contributed by atoms with Gasteiger partial charge in [0.05, 0.1) is 6.54 Å². The number of anilines is 2. The Morgan fingerprint density at radius 1 is 0.898 bits per heavy atom. The van der Waals surface area contributed by atoms with Crippen LogP contribution in [0, 0.1) is 0 Å². The average molecular weight is 811 g/mol. The zero-order valence-electron chi connectivity index (χ0n) is 33.6. The zero-order valence-corrected chi connectivity index (χ0v) is 33.6. The minimum atomic E-state index is -5.19. The van der Waals surface area contributed by atoms with Crippen molar-refractivity contribution in [3.63, 3.8) is 0 Å². The van der Waals surface area contributed by atoms with Crippen LogP contribution in [0.4, 0.5) is 24.5 Å². The summed E-state index contributed by atoms with van der Waals surface area (Å²) in [6, 6.07) is 24.5. The number of nitrogens with one attached hydrogen (secondary N) is 4. The molecule has 0 radical (unpaired) electrons. The quantitative estimate of drug-likeness (QED) is 0.0858. The first-order valence-corrected chi connectivity index (χ1v) is 19.7. The highest BCUT2D eigenvalue weighted by molar-refractivity contribution is 6.07. The molecule has 310 valence electrons. The van der Waals surface area contributed by atoms with Crippen molar-refractivity contribution in [2.45, 2.75) is 57.5 Å². The van der Waals surface area contributed by atoms with Crippen LogP contribution < -0.4 is 46.7 Å². The molecular formula is C45H49F3N6O5. The van der Waals surface area contributed by atoms with Crippen LogP contribution in [0.1, 0.15) is 61.8 Å². The second-order valence-corrected chi connectivity index (χ2v) is 15.7. The number of carboxylic acids is 1. The highest BCUT2D eigenvalue weighted by Crippen LogP contribution is 2.37. The molecule has 4 N–H and O–H groups in total. The van der Waals surface area contributed by atoms with Gasteiger partial charge in [-0.2, -0.15) is 13.2 Å². The number of H-pyrrole nitrogens is 1. The van der Waals surface area contributed by atoms with E-state index in [-0.39, 0.29) is 29.3 Å². The van der Waals surface area contributed by atoms with Gasteiger partial charge in [0, 0.05) is 84.6 Å². The maximum Gasteiger partial charge on any atom is 0.430 e. The van der Waals surface area contributed by atoms with Crippen LogP contribution >= 0.6 is 0 Å². The molecule has 59 heavy (non-hydrogen) atoms. The Bertz CT molecular complexity index is 2600. The summed E-state index contributed by atoms with van der Waals surface area (Å²) in [5.41, 5.74) is 7.80. The van der Waals surface area contributed by atoms with Gasteiger partial charge in [-0.05, 0) is 95.2 Å². The molecule has 0 atom stereocenters. The summed E-state index contributed by atoms with van der Waals surface area (Å²) >= 11 is 0. The number of halogens is 3. The first kappa shape index (κ1) is 42.6. The molecule has 14 heteroatoms. The number of amides is 2. The highest BCUT2D eigenvalue weighted by atomic mass is 19.4. The minimum absolute atomic E-state index is 0.0645. The van der Waals surface area contributed by atoms with Crippen molar-refractivity contribution in [1.29, 1.82) is 0 Å². The SMILES string of the molecule is CN(C)c1ccc2c(c1)C(C)(C)c1cc3c(cc1=C2)CCC[N+]=3CCCC(=O)NCCCNCC(=O)Nc1ccc2[nH]c(=O)c3ccccc3c2c1.O=C([O-])C(F)(F)F. The first-order valence-electron chi connectivity index (χ1n) is 19.7. The van der Waals surface area contributed by atoms with E-state index < -0.39 is 12.1 Å². The second kappa shape index (κ2) is 17.9. The molecule has 11 nitrogen and oxygen atoms in total. The molecule has 1 aliphatic heterocycles. The number of hydrogen-bond acceptors (Lipinski definition) is 7. The third-order valence-corrected chi connectivity index (χ3v) is 10.9. The van der Waals surface area contributed by atoms with Gasteiger partial charge < -0.3 is 35.7 Å². The molecule has 2 heterocycles. The predicted octanol–water partition coefficient (Wildman–Crippen LogP) is 3.47. The van der Waals surface area contributed by atoms with Crippen molar-refractivity contribution in [2.24, 2.45) is 0 Å². The van der Waals surface area contributed by atoms with E-state index >= 15 is 0 Å². The van der Waals surface area contributed by atoms with E-state index in [9.17, 15) is 27.6 Å². The predicted molar refractivity (Wildman–Crippen MR) is 223 cm³/mol. The van der Waals surface area contributed by atoms with Crippen molar-refractivity contribution >= 4 is 56.9 Å². The van der Waals surface area contributed by atoms with Crippen molar-refractivity contribution in [1.82, 2.24) is 20.2 Å². The molecule has 0 saturated heterocycles. The molecule has 1 aliphatic carbocycles. The molecule has 0 fully saturated rings. The van der Waals surface area contributed by atoms with Crippen LogP contribution in [0.3, 0.4) is 0 Å². The fourth-order valence-corrected chi connectivity index (χ4v) is 7.85. The number of aryl methyl sites for hydroxylation is 1. The van der Waals surface area contributed by atoms with Crippen LogP contribution in [-0.4, -0.2) is 75.8 Å². The molecule has 1 aromatic heterocycles. The van der Waals surface area contributed by atoms with Crippen molar-refractivity contribution in [2.75, 3.05) is 57.0 Å². The molecule has 0 unspecified atom stereocenters. The summed E-state index contributed by atoms with van der Waals surface area (Å²) < 4.78 is 34.0. The molecular weight excluding hydrogens is 762 g/mol. The molecule has 0 saturated carbocycles. The summed E-state index contributed by atoms with van der Waals surface area (Å²) in [6.07, 6.45) is 1.37. The van der Waals surface area contributed by atoms with Crippen LogP contribution in [0.5, 0.6) is 0 Å². The van der Waals surface area contributed by atoms with E-state index in [1.165, 1.54) is 38.5 Å². The molecule has 2 aliphatic rings. The lowest BCUT2D eigenvalue weighted by Gasteiger charge is -2.33. The molecule has 4 aromatic carbocycles. The molecule has 5 aromatic rings. The number of aromatic nitrogens is 1. The number of fused-ring (bicyclic) bond motifs is 6. The standard InChI is InChI=1S/C43H48N6O3.C2HF3O2/c1-43(2)36-25-32(48(3)4)16-14-28(36)22-30-23-29-10-7-20-49(39(29)26-37(30)43)21-8-13-40(50)45-19-9-18-44-27-41(51)46-31-15-17-38-35(24-31)33-11-5-6-12-34(33)42(52)47-38;3-2(4,5)1(6)7/h5-6,11-12,14-17,22-26,44H,7-10,13,18-21,27H2,1-4H3,(H2-,45,46,47,50,51,52);(H,6,7). The van der Waals surface area contributed by atoms with Crippen molar-refractivity contribution in [3.05, 3.63) is 116 Å². The second-order valence-electron chi connectivity index (χ2n) is 15.7. The summed E-state index contributed by atoms with van der Waals surface area (Å²) in [5, 5.41) is 22.9. The van der Waals surface area contributed by atoms with Gasteiger partial charge in [-0.1, -0.05) is 38.1 Å². The summed E-state index contributed by atoms with van der Waals surface area (Å²) in [4.78, 5) is 51.5. The Labute approximate surface area is 339 Å². The summed E-state index contributed by atoms with van der Waals surface area (Å²) in [7, 11) is 4.18. The Hall–Kier alpha value is -6.02. The first-order chi connectivity index (χ1) is 28.0. The number of aromatic amines is 1. The van der Waals surface area contributed by atoms with E-state index in [4.69, 9.17) is 9.90 Å². The van der Waals surface area contributed by atoms with E-state index in [1.807, 2.05) is 30.3 Å². The highest BCUT2D eigenvalue weighted by Gasteiger charge is 2.32. The van der Waals surface area contributed by atoms with Gasteiger partial charge in [0.1, 0.15) is 19.1 Å². The van der Waals surface area contributed by atoms with Crippen LogP contribution in [0.25, 0.3) is 27.8 Å². The number of rotatable bonds is 12. The van der Waals surface area contributed by atoms with Crippen molar-refractivity contribution in [3.8, 4) is 0 Å². The number of nitrogens with zero attached hydrogens (tertiary/aromatic N) is 2. The normalized spacial score (nSPS) is 13.9. The maximum absolute atomic E-state index is 12.7. The van der Waals surface area contributed by atoms with Gasteiger partial charge >= 0.3 is 6.18 Å². The van der Waals surface area contributed by atoms with E-state index in [1.54, 1.807) is 12.1 Å². The zero-order chi connectivity index (χ0) is 42.5. The lowest BCUT2D eigenvalue weighted by atomic mass is 9.71. The van der Waals surface area contributed by atoms with Gasteiger partial charge in [0.15, 0.2) is 0 Å². The van der Waals surface area contributed by atoms with Gasteiger partial charge in [0.2, 0.25) is 17.2 Å². The van der Waals surface area contributed by atoms with Gasteiger partial charge in [-0.15, -0.1) is 0 Å². The Morgan fingerprint density at radius 2 is 1.64 bits per heavy atom. The number of pyridine rings is 1. The molecule has 0 bridgehead atoms. The Balaban J connectivity index is 0.000000768. The van der Waals surface area contributed by atoms with Gasteiger partial charge in [-0.3, -0.25) is 14.4 Å². The fourth-order valence-electron chi connectivity index (χ4n) is 7.85. The summed E-state index contributed by atoms with van der Waals surface area (Å²) in [5.74, 6) is -3.09. The Morgan fingerprint density at radius 3 is 2.37 bits per heavy atom. The van der Waals surface area contributed by atoms with Gasteiger partial charge in [-0.25, -0.2) is 4.58 Å². The van der Waals surface area contributed by atoms with E-state index in [2.05, 4.69) is 94.8 Å². The monoisotopic (exact) mass is 810 g/mol. The molecule has 0 spiro atoms. The number of carbonyl (C=O) groups excluding carboxylic acids is 3. The van der Waals surface area contributed by atoms with E-state index in [0.29, 0.717) is 30.6 Å². The number of hydrogen-bond donors (Lipinski definition) is 4. The summed E-state index contributed by atoms with van der Waals surface area (Å²) in [6.45, 7) is 7.88. The van der Waals surface area contributed by atoms with Crippen molar-refractivity contribution < 1.29 is 32.7 Å². The number of alkyl halides is 3. The van der Waals surface area contributed by atoms with Crippen LogP contribution in [0.2, 0.25) is 0 Å². The van der Waals surface area contributed by atoms with Crippen LogP contribution in [-0.2, 0) is 26.2 Å². The Kier molecular flexibility index (Phi) is 12.9. The molecule has 7 rings (SSSR count). The number of benzene rings is 4. The fraction of sp³-hybridized carbons (Fsp3) is 0.356. The smallest absolute Gasteiger partial charge is 0.430 e. The third-order valence-electron chi connectivity index (χ3n) is 10.9. The van der Waals surface area contributed by atoms with Crippen LogP contribution in [0.15, 0.2) is 77.6 Å².